The summed E-state index contributed by atoms with van der Waals surface area (Å²) < 4.78 is 42.8. The number of hydrogen-bond acceptors (Lipinski definition) is 4. The van der Waals surface area contributed by atoms with Crippen LogP contribution in [0.1, 0.15) is 18.1 Å². The third-order valence-corrected chi connectivity index (χ3v) is 7.12. The SMILES string of the molecule is C/C(=N/NC(=O)CN(c1ccccc1F)S(=O)(=O)c1ccc(C)cc1)c1ccc(I)cc1. The molecule has 6 nitrogen and oxygen atoms in total. The average molecular weight is 565 g/mol. The van der Waals surface area contributed by atoms with Gasteiger partial charge >= 0.3 is 0 Å². The predicted molar refractivity (Wildman–Crippen MR) is 132 cm³/mol. The first-order chi connectivity index (χ1) is 15.2. The van der Waals surface area contributed by atoms with Gasteiger partial charge in [-0.05, 0) is 78.4 Å². The molecular weight excluding hydrogens is 544 g/mol. The lowest BCUT2D eigenvalue weighted by molar-refractivity contribution is -0.119. The van der Waals surface area contributed by atoms with Gasteiger partial charge in [0.1, 0.15) is 12.4 Å². The molecule has 3 aromatic carbocycles. The van der Waals surface area contributed by atoms with Crippen LogP contribution in [0.2, 0.25) is 0 Å². The van der Waals surface area contributed by atoms with Crippen molar-refractivity contribution >= 4 is 49.9 Å². The van der Waals surface area contributed by atoms with Gasteiger partial charge in [-0.15, -0.1) is 0 Å². The quantitative estimate of drug-likeness (QED) is 0.261. The van der Waals surface area contributed by atoms with Gasteiger partial charge in [-0.2, -0.15) is 5.10 Å². The first-order valence-electron chi connectivity index (χ1n) is 9.61. The number of para-hydroxylation sites is 1. The van der Waals surface area contributed by atoms with E-state index in [0.717, 1.165) is 25.1 Å². The molecule has 0 heterocycles. The number of hydrazone groups is 1. The highest BCUT2D eigenvalue weighted by Gasteiger charge is 2.29. The number of halogens is 2. The number of hydrogen-bond donors (Lipinski definition) is 1. The monoisotopic (exact) mass is 565 g/mol. The number of nitrogens with zero attached hydrogens (tertiary/aromatic N) is 2. The number of rotatable bonds is 7. The molecule has 166 valence electrons. The Labute approximate surface area is 200 Å². The summed E-state index contributed by atoms with van der Waals surface area (Å²) in [4.78, 5) is 12.6. The first kappa shape index (κ1) is 23.9. The fourth-order valence-electron chi connectivity index (χ4n) is 2.86. The number of carbonyl (C=O) groups excluding carboxylic acids is 1. The molecule has 0 aliphatic heterocycles. The van der Waals surface area contributed by atoms with Gasteiger partial charge in [0.05, 0.1) is 16.3 Å². The normalized spacial score (nSPS) is 11.8. The molecule has 1 amide bonds. The van der Waals surface area contributed by atoms with E-state index in [1.165, 1.54) is 30.3 Å². The molecular formula is C23H21FIN3O3S. The van der Waals surface area contributed by atoms with Crippen LogP contribution in [0.5, 0.6) is 0 Å². The molecule has 0 unspecified atom stereocenters. The predicted octanol–water partition coefficient (Wildman–Crippen LogP) is 4.47. The summed E-state index contributed by atoms with van der Waals surface area (Å²) in [6, 6.07) is 19.1. The van der Waals surface area contributed by atoms with E-state index in [4.69, 9.17) is 0 Å². The molecule has 32 heavy (non-hydrogen) atoms. The van der Waals surface area contributed by atoms with Gasteiger partial charge in [0.15, 0.2) is 0 Å². The molecule has 0 radical (unpaired) electrons. The Bertz CT molecular complexity index is 1240. The van der Waals surface area contributed by atoms with Crippen molar-refractivity contribution in [2.24, 2.45) is 5.10 Å². The molecule has 0 atom stereocenters. The highest BCUT2D eigenvalue weighted by Crippen LogP contribution is 2.26. The van der Waals surface area contributed by atoms with Crippen LogP contribution in [0.3, 0.4) is 0 Å². The Morgan fingerprint density at radius 1 is 1.03 bits per heavy atom. The Morgan fingerprint density at radius 3 is 2.28 bits per heavy atom. The minimum Gasteiger partial charge on any atom is -0.271 e. The van der Waals surface area contributed by atoms with E-state index < -0.39 is 28.3 Å². The van der Waals surface area contributed by atoms with Gasteiger partial charge in [-0.25, -0.2) is 18.2 Å². The zero-order valence-electron chi connectivity index (χ0n) is 17.4. The minimum atomic E-state index is -4.20. The summed E-state index contributed by atoms with van der Waals surface area (Å²) in [5.74, 6) is -1.46. The molecule has 0 aromatic heterocycles. The van der Waals surface area contributed by atoms with Gasteiger partial charge in [0, 0.05) is 3.57 Å². The summed E-state index contributed by atoms with van der Waals surface area (Å²) in [5, 5.41) is 4.06. The minimum absolute atomic E-state index is 0.0438. The molecule has 0 aliphatic rings. The second kappa shape index (κ2) is 10.2. The van der Waals surface area contributed by atoms with Crippen molar-refractivity contribution < 1.29 is 17.6 Å². The van der Waals surface area contributed by atoms with E-state index >= 15 is 0 Å². The van der Waals surface area contributed by atoms with Crippen molar-refractivity contribution in [2.45, 2.75) is 18.7 Å². The first-order valence-corrected chi connectivity index (χ1v) is 12.1. The molecule has 0 aliphatic carbocycles. The smallest absolute Gasteiger partial charge is 0.264 e. The van der Waals surface area contributed by atoms with Gasteiger partial charge in [-0.1, -0.05) is 42.0 Å². The molecule has 3 aromatic rings. The summed E-state index contributed by atoms with van der Waals surface area (Å²) in [6.07, 6.45) is 0. The number of aryl methyl sites for hydroxylation is 1. The van der Waals surface area contributed by atoms with Crippen LogP contribution >= 0.6 is 22.6 Å². The average Bonchev–Trinajstić information content (AvgIpc) is 2.77. The van der Waals surface area contributed by atoms with E-state index in [1.54, 1.807) is 19.1 Å². The Kier molecular flexibility index (Phi) is 7.62. The van der Waals surface area contributed by atoms with Crippen LogP contribution < -0.4 is 9.73 Å². The fourth-order valence-corrected chi connectivity index (χ4v) is 4.65. The number of benzene rings is 3. The van der Waals surface area contributed by atoms with E-state index in [9.17, 15) is 17.6 Å². The lowest BCUT2D eigenvalue weighted by Gasteiger charge is -2.24. The van der Waals surface area contributed by atoms with Crippen LogP contribution in [0, 0.1) is 16.3 Å². The van der Waals surface area contributed by atoms with Crippen LogP contribution in [0.4, 0.5) is 10.1 Å². The zero-order chi connectivity index (χ0) is 23.3. The summed E-state index contributed by atoms with van der Waals surface area (Å²) in [7, 11) is -4.20. The van der Waals surface area contributed by atoms with Crippen molar-refractivity contribution in [3.8, 4) is 0 Å². The largest absolute Gasteiger partial charge is 0.271 e. The van der Waals surface area contributed by atoms with Crippen LogP contribution in [0.25, 0.3) is 0 Å². The maximum atomic E-state index is 14.5. The second-order valence-electron chi connectivity index (χ2n) is 7.02. The Hall–Kier alpha value is -2.79. The van der Waals surface area contributed by atoms with E-state index in [1.807, 2.05) is 31.2 Å². The summed E-state index contributed by atoms with van der Waals surface area (Å²) in [6.45, 7) is 2.91. The lowest BCUT2D eigenvalue weighted by atomic mass is 10.1. The number of amides is 1. The molecule has 0 spiro atoms. The molecule has 1 N–H and O–H groups in total. The van der Waals surface area contributed by atoms with Gasteiger partial charge in [-0.3, -0.25) is 9.10 Å². The van der Waals surface area contributed by atoms with Crippen LogP contribution in [-0.2, 0) is 14.8 Å². The van der Waals surface area contributed by atoms with Gasteiger partial charge in [0.25, 0.3) is 15.9 Å². The van der Waals surface area contributed by atoms with Crippen LogP contribution in [-0.4, -0.2) is 26.6 Å². The van der Waals surface area contributed by atoms with E-state index in [-0.39, 0.29) is 10.6 Å². The highest BCUT2D eigenvalue weighted by atomic mass is 127. The molecule has 9 heteroatoms. The number of nitrogens with one attached hydrogen (secondary N) is 1. The topological polar surface area (TPSA) is 78.8 Å². The van der Waals surface area contributed by atoms with Crippen molar-refractivity contribution in [3.05, 3.63) is 93.3 Å². The third kappa shape index (κ3) is 5.71. The maximum Gasteiger partial charge on any atom is 0.264 e. The molecule has 0 fully saturated rings. The Morgan fingerprint density at radius 2 is 1.66 bits per heavy atom. The van der Waals surface area contributed by atoms with Crippen molar-refractivity contribution in [2.75, 3.05) is 10.8 Å². The highest BCUT2D eigenvalue weighted by molar-refractivity contribution is 14.1. The fraction of sp³-hybridized carbons (Fsp3) is 0.130. The molecule has 0 bridgehead atoms. The molecule has 3 rings (SSSR count). The van der Waals surface area contributed by atoms with Crippen molar-refractivity contribution in [1.82, 2.24) is 5.43 Å². The van der Waals surface area contributed by atoms with Crippen molar-refractivity contribution in [3.63, 3.8) is 0 Å². The molecule has 0 saturated carbocycles. The van der Waals surface area contributed by atoms with E-state index in [2.05, 4.69) is 33.1 Å². The second-order valence-corrected chi connectivity index (χ2v) is 10.1. The number of anilines is 1. The molecule has 0 saturated heterocycles. The summed E-state index contributed by atoms with van der Waals surface area (Å²) in [5.41, 5.74) is 4.38. The van der Waals surface area contributed by atoms with Gasteiger partial charge in [0.2, 0.25) is 0 Å². The Balaban J connectivity index is 1.88. The summed E-state index contributed by atoms with van der Waals surface area (Å²) >= 11 is 2.18. The van der Waals surface area contributed by atoms with Crippen LogP contribution in [0.15, 0.2) is 82.8 Å². The third-order valence-electron chi connectivity index (χ3n) is 4.63. The number of sulfonamides is 1. The van der Waals surface area contributed by atoms with Gasteiger partial charge < -0.3 is 0 Å². The standard InChI is InChI=1S/C23H21FIN3O3S/c1-16-7-13-20(14-8-16)32(30,31)28(22-6-4-3-5-21(22)24)15-23(29)27-26-17(2)18-9-11-19(25)12-10-18/h3-14H,15H2,1-2H3,(H,27,29)/b26-17-. The van der Waals surface area contributed by atoms with E-state index in [0.29, 0.717) is 5.71 Å². The zero-order valence-corrected chi connectivity index (χ0v) is 20.4. The maximum absolute atomic E-state index is 14.5. The number of carbonyl (C=O) groups is 1. The lowest BCUT2D eigenvalue weighted by Crippen LogP contribution is -2.40. The van der Waals surface area contributed by atoms with Crippen molar-refractivity contribution in [1.29, 1.82) is 0 Å².